The zero-order valence-electron chi connectivity index (χ0n) is 17.5. The van der Waals surface area contributed by atoms with E-state index in [0.717, 1.165) is 15.6 Å². The molecule has 2 aliphatic rings. The molecule has 1 atom stereocenters. The van der Waals surface area contributed by atoms with Crippen molar-refractivity contribution in [3.8, 4) is 22.9 Å². The van der Waals surface area contributed by atoms with Crippen molar-refractivity contribution >= 4 is 49.8 Å². The fourth-order valence-corrected chi connectivity index (χ4v) is 5.70. The quantitative estimate of drug-likeness (QED) is 0.563. The van der Waals surface area contributed by atoms with Crippen LogP contribution in [0, 0.1) is 11.3 Å². The number of nitriles is 1. The zero-order valence-corrected chi connectivity index (χ0v) is 19.1. The van der Waals surface area contributed by atoms with Crippen LogP contribution in [0.3, 0.4) is 0 Å². The molecule has 3 heterocycles. The van der Waals surface area contributed by atoms with Crippen LogP contribution in [0.2, 0.25) is 5.02 Å². The molecule has 3 aromatic rings. The molecule has 0 unspecified atom stereocenters. The molecule has 0 bridgehead atoms. The molecule has 7 nitrogen and oxygen atoms in total. The van der Waals surface area contributed by atoms with Gasteiger partial charge in [0, 0.05) is 40.3 Å². The summed E-state index contributed by atoms with van der Waals surface area (Å²) in [5.74, 6) is 0.0853. The van der Waals surface area contributed by atoms with Gasteiger partial charge in [0.1, 0.15) is 23.4 Å². The van der Waals surface area contributed by atoms with Gasteiger partial charge in [-0.15, -0.1) is 11.3 Å². The lowest BCUT2D eigenvalue weighted by Crippen LogP contribution is -2.57. The van der Waals surface area contributed by atoms with Gasteiger partial charge in [-0.1, -0.05) is 30.3 Å². The van der Waals surface area contributed by atoms with E-state index in [-0.39, 0.29) is 24.5 Å². The Hall–Kier alpha value is -3.54. The Morgan fingerprint density at radius 3 is 2.88 bits per heavy atom. The number of carbonyl (C=O) groups excluding carboxylic acids is 2. The van der Waals surface area contributed by atoms with Gasteiger partial charge in [0.15, 0.2) is 0 Å². The maximum Gasteiger partial charge on any atom is 0.258 e. The minimum absolute atomic E-state index is 0.161. The van der Waals surface area contributed by atoms with Crippen LogP contribution >= 0.6 is 22.9 Å². The summed E-state index contributed by atoms with van der Waals surface area (Å²) in [5.41, 5.74) is 8.27. The van der Waals surface area contributed by atoms with Gasteiger partial charge >= 0.3 is 0 Å². The van der Waals surface area contributed by atoms with Crippen molar-refractivity contribution in [3.63, 3.8) is 0 Å². The molecule has 0 spiro atoms. The third-order valence-corrected chi connectivity index (χ3v) is 7.40. The van der Waals surface area contributed by atoms with E-state index >= 15 is 0 Å². The normalized spacial score (nSPS) is 17.6. The molecule has 0 radical (unpaired) electrons. The summed E-state index contributed by atoms with van der Waals surface area (Å²) in [7, 11) is 0. The topological polar surface area (TPSA) is 99.7 Å². The van der Waals surface area contributed by atoms with Gasteiger partial charge in [-0.05, 0) is 29.8 Å². The van der Waals surface area contributed by atoms with Gasteiger partial charge in [-0.3, -0.25) is 9.59 Å². The van der Waals surface area contributed by atoms with Gasteiger partial charge in [0.05, 0.1) is 17.2 Å². The number of nitrogens with zero attached hydrogens (tertiary/aromatic N) is 3. The summed E-state index contributed by atoms with van der Waals surface area (Å²) in [4.78, 5) is 28.8. The largest absolute Gasteiger partial charge is 0.491 e. The number of halogens is 1. The number of amides is 2. The first-order valence-electron chi connectivity index (χ1n) is 10.3. The van der Waals surface area contributed by atoms with E-state index in [0.29, 0.717) is 52.1 Å². The molecule has 0 saturated carbocycles. The highest BCUT2D eigenvalue weighted by molar-refractivity contribution is 7.23. The molecule has 1 aromatic heterocycles. The van der Waals surface area contributed by atoms with E-state index in [1.165, 1.54) is 17.4 Å². The molecule has 33 heavy (non-hydrogen) atoms. The number of nitrogens with two attached hydrogens (primary N) is 1. The van der Waals surface area contributed by atoms with Crippen LogP contribution in [-0.2, 0) is 4.79 Å². The molecule has 2 aliphatic heterocycles. The van der Waals surface area contributed by atoms with Crippen molar-refractivity contribution in [3.05, 3.63) is 59.1 Å². The second kappa shape index (κ2) is 8.10. The molecule has 2 N–H and O–H groups in total. The van der Waals surface area contributed by atoms with E-state index in [2.05, 4.69) is 12.6 Å². The summed E-state index contributed by atoms with van der Waals surface area (Å²) in [5, 5.41) is 11.2. The number of hydrogen-bond donors (Lipinski definition) is 1. The summed E-state index contributed by atoms with van der Waals surface area (Å²) >= 11 is 8.02. The fraction of sp³-hybridized carbons (Fsp3) is 0.208. The Morgan fingerprint density at radius 2 is 2.12 bits per heavy atom. The van der Waals surface area contributed by atoms with Crippen LogP contribution in [0.5, 0.6) is 5.75 Å². The fourth-order valence-electron chi connectivity index (χ4n) is 4.48. The van der Waals surface area contributed by atoms with Crippen LogP contribution in [0.15, 0.2) is 43.0 Å². The van der Waals surface area contributed by atoms with E-state index in [4.69, 9.17) is 22.1 Å². The van der Waals surface area contributed by atoms with E-state index in [9.17, 15) is 14.9 Å². The molecule has 5 rings (SSSR count). The second-order valence-electron chi connectivity index (χ2n) is 7.91. The number of thiophene rings is 1. The summed E-state index contributed by atoms with van der Waals surface area (Å²) < 4.78 is 6.95. The lowest BCUT2D eigenvalue weighted by Gasteiger charge is -2.39. The van der Waals surface area contributed by atoms with Gasteiger partial charge in [-0.25, -0.2) is 0 Å². The van der Waals surface area contributed by atoms with Crippen molar-refractivity contribution in [2.75, 3.05) is 32.0 Å². The van der Waals surface area contributed by atoms with Gasteiger partial charge < -0.3 is 20.3 Å². The number of hydrogen-bond acceptors (Lipinski definition) is 6. The molecule has 166 valence electrons. The first-order chi connectivity index (χ1) is 15.9. The van der Waals surface area contributed by atoms with Gasteiger partial charge in [0.2, 0.25) is 5.91 Å². The van der Waals surface area contributed by atoms with Crippen LogP contribution in [0.1, 0.15) is 15.9 Å². The molecular weight excluding hydrogens is 460 g/mol. The van der Waals surface area contributed by atoms with E-state index in [1.54, 1.807) is 21.9 Å². The average molecular weight is 479 g/mol. The zero-order chi connectivity index (χ0) is 23.3. The Bertz CT molecular complexity index is 1380. The van der Waals surface area contributed by atoms with Crippen molar-refractivity contribution in [1.82, 2.24) is 9.80 Å². The van der Waals surface area contributed by atoms with Crippen molar-refractivity contribution in [2.45, 2.75) is 6.04 Å². The molecule has 2 amide bonds. The lowest BCUT2D eigenvalue weighted by molar-refractivity contribution is -0.128. The van der Waals surface area contributed by atoms with Crippen LogP contribution < -0.4 is 10.5 Å². The lowest BCUT2D eigenvalue weighted by atomic mass is 9.97. The van der Waals surface area contributed by atoms with Crippen molar-refractivity contribution in [2.24, 2.45) is 0 Å². The molecule has 1 saturated heterocycles. The Labute approximate surface area is 199 Å². The third kappa shape index (κ3) is 3.41. The summed E-state index contributed by atoms with van der Waals surface area (Å²) in [6, 6.07) is 11.0. The van der Waals surface area contributed by atoms with Crippen molar-refractivity contribution < 1.29 is 14.3 Å². The monoisotopic (exact) mass is 478 g/mol. The standard InChI is InChI=1S/C24H19ClN4O3S/c1-2-21(30)28-6-7-29-13(11-28)12-32-19-9-15(18(25)8-16(19)24(29)31)14-4-3-5-20-22(14)17(10-26)23(27)33-20/h2-5,8-9,13H,1,6-7,11-12,27H2/t13-/m1/s1. The number of fused-ring (bicyclic) bond motifs is 3. The number of anilines is 1. The number of rotatable bonds is 2. The maximum absolute atomic E-state index is 13.3. The number of carbonyl (C=O) groups is 2. The van der Waals surface area contributed by atoms with Gasteiger partial charge in [0.25, 0.3) is 5.91 Å². The highest BCUT2D eigenvalue weighted by atomic mass is 35.5. The molecular formula is C24H19ClN4O3S. The van der Waals surface area contributed by atoms with Crippen molar-refractivity contribution in [1.29, 1.82) is 5.26 Å². The predicted molar refractivity (Wildman–Crippen MR) is 128 cm³/mol. The average Bonchev–Trinajstić information content (AvgIpc) is 3.10. The Kier molecular flexibility index (Phi) is 5.23. The summed E-state index contributed by atoms with van der Waals surface area (Å²) in [6.45, 7) is 5.02. The molecule has 0 aliphatic carbocycles. The smallest absolute Gasteiger partial charge is 0.258 e. The maximum atomic E-state index is 13.3. The minimum Gasteiger partial charge on any atom is -0.491 e. The van der Waals surface area contributed by atoms with Crippen LogP contribution in [-0.4, -0.2) is 53.9 Å². The Morgan fingerprint density at radius 1 is 1.30 bits per heavy atom. The highest BCUT2D eigenvalue weighted by Gasteiger charge is 2.36. The number of benzene rings is 2. The first kappa shape index (κ1) is 21.3. The van der Waals surface area contributed by atoms with Gasteiger partial charge in [-0.2, -0.15) is 5.26 Å². The number of piperazine rings is 1. The highest BCUT2D eigenvalue weighted by Crippen LogP contribution is 2.43. The number of ether oxygens (including phenoxy) is 1. The number of nitrogen functional groups attached to an aromatic ring is 1. The second-order valence-corrected chi connectivity index (χ2v) is 9.40. The SMILES string of the molecule is C=CC(=O)N1CCN2C(=O)c3cc(Cl)c(-c4cccc5sc(N)c(C#N)c45)cc3OC[C@H]2C1. The predicted octanol–water partition coefficient (Wildman–Crippen LogP) is 3.91. The van der Waals surface area contributed by atoms with E-state index < -0.39 is 0 Å². The molecule has 9 heteroatoms. The first-order valence-corrected chi connectivity index (χ1v) is 11.5. The van der Waals surface area contributed by atoms with E-state index in [1.807, 2.05) is 18.2 Å². The Balaban J connectivity index is 1.58. The molecule has 2 aromatic carbocycles. The summed E-state index contributed by atoms with van der Waals surface area (Å²) in [6.07, 6.45) is 1.28. The minimum atomic E-state index is -0.268. The van der Waals surface area contributed by atoms with Crippen LogP contribution in [0.25, 0.3) is 21.2 Å². The van der Waals surface area contributed by atoms with Crippen LogP contribution in [0.4, 0.5) is 5.00 Å². The third-order valence-electron chi connectivity index (χ3n) is 6.11. The molecule has 1 fully saturated rings.